The molecule has 0 aliphatic carbocycles. The third-order valence-electron chi connectivity index (χ3n) is 3.21. The number of rotatable bonds is 6. The maximum absolute atomic E-state index is 12.2. The van der Waals surface area contributed by atoms with E-state index in [4.69, 9.17) is 0 Å². The molecule has 1 fully saturated rings. The lowest BCUT2D eigenvalue weighted by Crippen LogP contribution is -2.36. The lowest BCUT2D eigenvalue weighted by atomic mass is 10.1. The van der Waals surface area contributed by atoms with Crippen molar-refractivity contribution < 1.29 is 8.42 Å². The summed E-state index contributed by atoms with van der Waals surface area (Å²) in [4.78, 5) is 8.07. The third-order valence-corrected chi connectivity index (χ3v) is 6.10. The number of aromatic nitrogens is 2. The van der Waals surface area contributed by atoms with E-state index in [0.29, 0.717) is 19.0 Å². The van der Waals surface area contributed by atoms with Gasteiger partial charge in [-0.05, 0) is 32.4 Å². The number of nitrogens with one attached hydrogen (secondary N) is 2. The fourth-order valence-corrected chi connectivity index (χ4v) is 4.41. The van der Waals surface area contributed by atoms with Gasteiger partial charge in [0.05, 0.1) is 12.4 Å². The molecule has 2 N–H and O–H groups in total. The van der Waals surface area contributed by atoms with Crippen molar-refractivity contribution in [1.29, 1.82) is 0 Å². The molecule has 0 bridgehead atoms. The van der Waals surface area contributed by atoms with E-state index in [-0.39, 0.29) is 9.64 Å². The summed E-state index contributed by atoms with van der Waals surface area (Å²) in [6, 6.07) is 0. The fourth-order valence-electron chi connectivity index (χ4n) is 2.01. The molecule has 8 heteroatoms. The van der Waals surface area contributed by atoms with Gasteiger partial charge in [-0.2, -0.15) is 11.8 Å². The highest BCUT2D eigenvalue weighted by molar-refractivity contribution is 8.01. The molecule has 0 spiro atoms. The molecular weight excluding hydrogens is 296 g/mol. The Hall–Kier alpha value is -0.860. The largest absolute Gasteiger partial charge is 0.355 e. The molecule has 1 aromatic heterocycles. The number of thioether (sulfide) groups is 1. The SMILES string of the molecule is CCNc1ncc(S(=O)(=O)NCC2(C)CCCS2)cn1. The number of hydrogen-bond donors (Lipinski definition) is 2. The molecule has 0 aromatic carbocycles. The summed E-state index contributed by atoms with van der Waals surface area (Å²) in [6.07, 6.45) is 4.84. The summed E-state index contributed by atoms with van der Waals surface area (Å²) >= 11 is 1.82. The topological polar surface area (TPSA) is 84.0 Å². The molecule has 2 rings (SSSR count). The van der Waals surface area contributed by atoms with E-state index in [1.807, 2.05) is 18.7 Å². The van der Waals surface area contributed by atoms with Crippen molar-refractivity contribution in [3.63, 3.8) is 0 Å². The van der Waals surface area contributed by atoms with Crippen LogP contribution < -0.4 is 10.0 Å². The van der Waals surface area contributed by atoms with Gasteiger partial charge in [-0.25, -0.2) is 23.1 Å². The van der Waals surface area contributed by atoms with Crippen molar-refractivity contribution in [2.45, 2.75) is 36.3 Å². The van der Waals surface area contributed by atoms with Crippen LogP contribution in [0.2, 0.25) is 0 Å². The average Bonchev–Trinajstić information content (AvgIpc) is 2.85. The number of nitrogens with zero attached hydrogens (tertiary/aromatic N) is 2. The van der Waals surface area contributed by atoms with Gasteiger partial charge in [0.25, 0.3) is 0 Å². The summed E-state index contributed by atoms with van der Waals surface area (Å²) in [5, 5.41) is 2.93. The van der Waals surface area contributed by atoms with Gasteiger partial charge in [0, 0.05) is 17.8 Å². The second kappa shape index (κ2) is 6.28. The molecule has 6 nitrogen and oxygen atoms in total. The molecule has 2 heterocycles. The van der Waals surface area contributed by atoms with Crippen LogP contribution in [0.4, 0.5) is 5.95 Å². The molecule has 1 atom stereocenters. The summed E-state index contributed by atoms with van der Waals surface area (Å²) < 4.78 is 27.0. The van der Waals surface area contributed by atoms with Crippen LogP contribution >= 0.6 is 11.8 Å². The Bertz CT molecular complexity index is 539. The summed E-state index contributed by atoms with van der Waals surface area (Å²) in [5.74, 6) is 1.53. The monoisotopic (exact) mass is 316 g/mol. The van der Waals surface area contributed by atoms with Crippen molar-refractivity contribution in [3.8, 4) is 0 Å². The molecular formula is C12H20N4O2S2. The number of anilines is 1. The molecule has 1 aliphatic heterocycles. The molecule has 0 radical (unpaired) electrons. The molecule has 1 unspecified atom stereocenters. The average molecular weight is 316 g/mol. The van der Waals surface area contributed by atoms with Gasteiger partial charge < -0.3 is 5.32 Å². The Morgan fingerprint density at radius 2 is 2.10 bits per heavy atom. The molecule has 112 valence electrons. The predicted octanol–water partition coefficient (Wildman–Crippen LogP) is 1.47. The first-order valence-corrected chi connectivity index (χ1v) is 9.12. The molecule has 1 aliphatic rings. The minimum atomic E-state index is -3.53. The van der Waals surface area contributed by atoms with E-state index in [2.05, 4.69) is 26.9 Å². The lowest BCUT2D eigenvalue weighted by molar-refractivity contribution is 0.552. The molecule has 1 aromatic rings. The van der Waals surface area contributed by atoms with Gasteiger partial charge in [-0.3, -0.25) is 0 Å². The van der Waals surface area contributed by atoms with Gasteiger partial charge in [0.15, 0.2) is 0 Å². The Morgan fingerprint density at radius 1 is 1.40 bits per heavy atom. The van der Waals surface area contributed by atoms with Crippen LogP contribution in [-0.4, -0.2) is 42.0 Å². The van der Waals surface area contributed by atoms with E-state index < -0.39 is 10.0 Å². The highest BCUT2D eigenvalue weighted by Crippen LogP contribution is 2.37. The fraction of sp³-hybridized carbons (Fsp3) is 0.667. The third kappa shape index (κ3) is 3.83. The second-order valence-corrected chi connectivity index (χ2v) is 8.45. The Morgan fingerprint density at radius 3 is 2.65 bits per heavy atom. The first kappa shape index (κ1) is 15.5. The normalized spacial score (nSPS) is 22.9. The van der Waals surface area contributed by atoms with E-state index in [1.54, 1.807) is 0 Å². The second-order valence-electron chi connectivity index (χ2n) is 5.00. The van der Waals surface area contributed by atoms with E-state index in [0.717, 1.165) is 18.6 Å². The maximum atomic E-state index is 12.2. The maximum Gasteiger partial charge on any atom is 0.243 e. The molecule has 0 saturated carbocycles. The predicted molar refractivity (Wildman–Crippen MR) is 81.5 cm³/mol. The minimum Gasteiger partial charge on any atom is -0.355 e. The van der Waals surface area contributed by atoms with Crippen LogP contribution in [0.5, 0.6) is 0 Å². The zero-order valence-electron chi connectivity index (χ0n) is 11.7. The smallest absolute Gasteiger partial charge is 0.243 e. The zero-order valence-corrected chi connectivity index (χ0v) is 13.4. The van der Waals surface area contributed by atoms with E-state index in [1.165, 1.54) is 12.4 Å². The first-order valence-electron chi connectivity index (χ1n) is 6.65. The van der Waals surface area contributed by atoms with Crippen LogP contribution in [0.25, 0.3) is 0 Å². The summed E-state index contributed by atoms with van der Waals surface area (Å²) in [6.45, 7) is 5.16. The van der Waals surface area contributed by atoms with E-state index in [9.17, 15) is 8.42 Å². The zero-order chi connectivity index (χ0) is 14.6. The van der Waals surface area contributed by atoms with Gasteiger partial charge in [0.1, 0.15) is 4.90 Å². The van der Waals surface area contributed by atoms with Crippen molar-refractivity contribution in [3.05, 3.63) is 12.4 Å². The number of hydrogen-bond acceptors (Lipinski definition) is 6. The summed E-state index contributed by atoms with van der Waals surface area (Å²) in [7, 11) is -3.53. The van der Waals surface area contributed by atoms with Crippen molar-refractivity contribution in [1.82, 2.24) is 14.7 Å². The van der Waals surface area contributed by atoms with Gasteiger partial charge in [0.2, 0.25) is 16.0 Å². The standard InChI is InChI=1S/C12H20N4O2S2/c1-3-13-11-14-7-10(8-15-11)20(17,18)16-9-12(2)5-4-6-19-12/h7-8,16H,3-6,9H2,1-2H3,(H,13,14,15). The van der Waals surface area contributed by atoms with Crippen molar-refractivity contribution >= 4 is 27.7 Å². The Labute approximate surface area is 124 Å². The molecule has 1 saturated heterocycles. The molecule has 0 amide bonds. The Balaban J connectivity index is 2.02. The lowest BCUT2D eigenvalue weighted by Gasteiger charge is -2.22. The highest BCUT2D eigenvalue weighted by Gasteiger charge is 2.31. The van der Waals surface area contributed by atoms with E-state index >= 15 is 0 Å². The minimum absolute atomic E-state index is 0.00235. The van der Waals surface area contributed by atoms with Crippen LogP contribution in [0.1, 0.15) is 26.7 Å². The van der Waals surface area contributed by atoms with Crippen molar-refractivity contribution in [2.75, 3.05) is 24.2 Å². The van der Waals surface area contributed by atoms with Gasteiger partial charge >= 0.3 is 0 Å². The quantitative estimate of drug-likeness (QED) is 0.827. The van der Waals surface area contributed by atoms with Crippen molar-refractivity contribution in [2.24, 2.45) is 0 Å². The first-order chi connectivity index (χ1) is 9.45. The van der Waals surface area contributed by atoms with Gasteiger partial charge in [-0.1, -0.05) is 0 Å². The van der Waals surface area contributed by atoms with Crippen LogP contribution in [0.15, 0.2) is 17.3 Å². The van der Waals surface area contributed by atoms with Crippen LogP contribution in [-0.2, 0) is 10.0 Å². The highest BCUT2D eigenvalue weighted by atomic mass is 32.2. The Kier molecular flexibility index (Phi) is 4.87. The molecule has 20 heavy (non-hydrogen) atoms. The number of sulfonamides is 1. The van der Waals surface area contributed by atoms with Crippen LogP contribution in [0, 0.1) is 0 Å². The van der Waals surface area contributed by atoms with Crippen LogP contribution in [0.3, 0.4) is 0 Å². The van der Waals surface area contributed by atoms with Gasteiger partial charge in [-0.15, -0.1) is 0 Å². The summed E-state index contributed by atoms with van der Waals surface area (Å²) in [5.41, 5.74) is 0.